The fourth-order valence-corrected chi connectivity index (χ4v) is 1.44. The molecule has 0 saturated heterocycles. The van der Waals surface area contributed by atoms with Gasteiger partial charge >= 0.3 is 0 Å². The fraction of sp³-hybridized carbons (Fsp3) is 0.273. The van der Waals surface area contributed by atoms with Gasteiger partial charge in [-0.1, -0.05) is 5.16 Å². The maximum atomic E-state index is 5.70. The molecule has 6 nitrogen and oxygen atoms in total. The molecule has 0 aliphatic carbocycles. The lowest BCUT2D eigenvalue weighted by Gasteiger charge is -2.06. The minimum atomic E-state index is 0.573. The van der Waals surface area contributed by atoms with Crippen LogP contribution in [-0.4, -0.2) is 16.7 Å². The lowest BCUT2D eigenvalue weighted by Crippen LogP contribution is -2.06. The maximum absolute atomic E-state index is 5.70. The van der Waals surface area contributed by atoms with Crippen molar-refractivity contribution in [2.45, 2.75) is 13.3 Å². The Kier molecular flexibility index (Phi) is 3.13. The van der Waals surface area contributed by atoms with Gasteiger partial charge in [0.2, 0.25) is 5.89 Å². The molecule has 0 bridgehead atoms. The molecule has 0 aliphatic rings. The standard InChI is InChI=1S/C11H15N5O/c1-7-15-11(17-16-7)4-5-14-8-2-3-9(12)10(13)6-8/h2-3,6,14H,4-5,12-13H2,1H3. The normalized spacial score (nSPS) is 10.4. The number of nitrogen functional groups attached to an aromatic ring is 2. The van der Waals surface area contributed by atoms with Crippen LogP contribution in [0.3, 0.4) is 0 Å². The summed E-state index contributed by atoms with van der Waals surface area (Å²) in [5.74, 6) is 1.27. The molecular formula is C11H15N5O. The number of aryl methyl sites for hydroxylation is 1. The molecule has 0 fully saturated rings. The van der Waals surface area contributed by atoms with Crippen LogP contribution < -0.4 is 16.8 Å². The lowest BCUT2D eigenvalue weighted by molar-refractivity contribution is 0.377. The number of nitrogens with zero attached hydrogens (tertiary/aromatic N) is 2. The molecule has 0 radical (unpaired) electrons. The predicted molar refractivity (Wildman–Crippen MR) is 66.5 cm³/mol. The molecule has 90 valence electrons. The van der Waals surface area contributed by atoms with Gasteiger partial charge in [-0.05, 0) is 25.1 Å². The van der Waals surface area contributed by atoms with Gasteiger partial charge < -0.3 is 21.3 Å². The van der Waals surface area contributed by atoms with E-state index in [4.69, 9.17) is 16.0 Å². The van der Waals surface area contributed by atoms with Crippen molar-refractivity contribution in [3.05, 3.63) is 29.9 Å². The van der Waals surface area contributed by atoms with E-state index in [9.17, 15) is 0 Å². The van der Waals surface area contributed by atoms with Crippen LogP contribution in [0.5, 0.6) is 0 Å². The van der Waals surface area contributed by atoms with E-state index in [2.05, 4.69) is 15.5 Å². The number of anilines is 3. The van der Waals surface area contributed by atoms with Gasteiger partial charge in [0.05, 0.1) is 11.4 Å². The summed E-state index contributed by atoms with van der Waals surface area (Å²) in [7, 11) is 0. The highest BCUT2D eigenvalue weighted by Crippen LogP contribution is 2.19. The SMILES string of the molecule is Cc1noc(CCNc2ccc(N)c(N)c2)n1. The van der Waals surface area contributed by atoms with Gasteiger partial charge in [0, 0.05) is 18.7 Å². The first-order chi connectivity index (χ1) is 8.15. The largest absolute Gasteiger partial charge is 0.397 e. The highest BCUT2D eigenvalue weighted by atomic mass is 16.5. The van der Waals surface area contributed by atoms with E-state index in [0.717, 1.165) is 5.69 Å². The van der Waals surface area contributed by atoms with Crippen LogP contribution in [0.4, 0.5) is 17.1 Å². The Morgan fingerprint density at radius 3 is 2.76 bits per heavy atom. The van der Waals surface area contributed by atoms with E-state index in [1.54, 1.807) is 19.1 Å². The van der Waals surface area contributed by atoms with Crippen molar-refractivity contribution in [2.75, 3.05) is 23.3 Å². The number of benzene rings is 1. The number of nitrogens with one attached hydrogen (secondary N) is 1. The molecule has 0 atom stereocenters. The van der Waals surface area contributed by atoms with E-state index < -0.39 is 0 Å². The van der Waals surface area contributed by atoms with Gasteiger partial charge in [0.15, 0.2) is 5.82 Å². The van der Waals surface area contributed by atoms with Crippen molar-refractivity contribution in [3.63, 3.8) is 0 Å². The Balaban J connectivity index is 1.87. The molecule has 0 spiro atoms. The Labute approximate surface area is 99.0 Å². The van der Waals surface area contributed by atoms with Gasteiger partial charge in [0.25, 0.3) is 0 Å². The first kappa shape index (κ1) is 11.3. The Bertz CT molecular complexity index is 508. The van der Waals surface area contributed by atoms with Gasteiger partial charge in [-0.2, -0.15) is 4.98 Å². The first-order valence-corrected chi connectivity index (χ1v) is 5.33. The zero-order valence-electron chi connectivity index (χ0n) is 9.60. The van der Waals surface area contributed by atoms with E-state index in [-0.39, 0.29) is 0 Å². The van der Waals surface area contributed by atoms with E-state index >= 15 is 0 Å². The molecule has 0 unspecified atom stereocenters. The lowest BCUT2D eigenvalue weighted by atomic mass is 10.2. The van der Waals surface area contributed by atoms with E-state index in [1.165, 1.54) is 0 Å². The van der Waals surface area contributed by atoms with Gasteiger partial charge in [0.1, 0.15) is 0 Å². The van der Waals surface area contributed by atoms with Crippen LogP contribution >= 0.6 is 0 Å². The second-order valence-electron chi connectivity index (χ2n) is 3.76. The number of hydrogen-bond acceptors (Lipinski definition) is 6. The third-order valence-corrected chi connectivity index (χ3v) is 2.32. The molecule has 0 aliphatic heterocycles. The van der Waals surface area contributed by atoms with Crippen LogP contribution in [-0.2, 0) is 6.42 Å². The topological polar surface area (TPSA) is 103 Å². The number of aromatic nitrogens is 2. The van der Waals surface area contributed by atoms with Crippen molar-refractivity contribution < 1.29 is 4.52 Å². The predicted octanol–water partition coefficient (Wildman–Crippen LogP) is 1.20. The van der Waals surface area contributed by atoms with E-state index in [1.807, 2.05) is 6.07 Å². The molecule has 2 aromatic rings. The fourth-order valence-electron chi connectivity index (χ4n) is 1.44. The maximum Gasteiger partial charge on any atom is 0.228 e. The van der Waals surface area contributed by atoms with Crippen LogP contribution in [0, 0.1) is 6.92 Å². The second kappa shape index (κ2) is 4.73. The summed E-state index contributed by atoms with van der Waals surface area (Å²) >= 11 is 0. The highest BCUT2D eigenvalue weighted by molar-refractivity contribution is 5.69. The van der Waals surface area contributed by atoms with Crippen molar-refractivity contribution in [1.82, 2.24) is 10.1 Å². The van der Waals surface area contributed by atoms with Crippen LogP contribution in [0.15, 0.2) is 22.7 Å². The molecule has 17 heavy (non-hydrogen) atoms. The summed E-state index contributed by atoms with van der Waals surface area (Å²) in [6.07, 6.45) is 0.672. The first-order valence-electron chi connectivity index (χ1n) is 5.33. The van der Waals surface area contributed by atoms with Gasteiger partial charge in [-0.3, -0.25) is 0 Å². The zero-order chi connectivity index (χ0) is 12.3. The Morgan fingerprint density at radius 2 is 2.12 bits per heavy atom. The third-order valence-electron chi connectivity index (χ3n) is 2.32. The molecule has 1 aromatic heterocycles. The van der Waals surface area contributed by atoms with Crippen molar-refractivity contribution in [3.8, 4) is 0 Å². The number of hydrogen-bond donors (Lipinski definition) is 3. The second-order valence-corrected chi connectivity index (χ2v) is 3.76. The molecule has 2 rings (SSSR count). The van der Waals surface area contributed by atoms with Crippen LogP contribution in [0.25, 0.3) is 0 Å². The molecule has 1 aromatic carbocycles. The number of rotatable bonds is 4. The minimum Gasteiger partial charge on any atom is -0.397 e. The number of nitrogens with two attached hydrogens (primary N) is 2. The quantitative estimate of drug-likeness (QED) is 0.685. The summed E-state index contributed by atoms with van der Waals surface area (Å²) in [5.41, 5.74) is 13.4. The van der Waals surface area contributed by atoms with Crippen molar-refractivity contribution in [2.24, 2.45) is 0 Å². The Hall–Kier alpha value is -2.24. The molecule has 1 heterocycles. The molecular weight excluding hydrogens is 218 g/mol. The average molecular weight is 233 g/mol. The summed E-state index contributed by atoms with van der Waals surface area (Å²) in [6, 6.07) is 5.45. The van der Waals surface area contributed by atoms with Crippen molar-refractivity contribution >= 4 is 17.1 Å². The zero-order valence-corrected chi connectivity index (χ0v) is 9.60. The average Bonchev–Trinajstić information content (AvgIpc) is 2.70. The van der Waals surface area contributed by atoms with Crippen LogP contribution in [0.1, 0.15) is 11.7 Å². The summed E-state index contributed by atoms with van der Waals surface area (Å²) in [4.78, 5) is 4.11. The molecule has 6 heteroatoms. The summed E-state index contributed by atoms with van der Waals surface area (Å²) in [5, 5.41) is 6.92. The van der Waals surface area contributed by atoms with E-state index in [0.29, 0.717) is 36.1 Å². The third kappa shape index (κ3) is 2.87. The van der Waals surface area contributed by atoms with Gasteiger partial charge in [-0.25, -0.2) is 0 Å². The smallest absolute Gasteiger partial charge is 0.228 e. The highest BCUT2D eigenvalue weighted by Gasteiger charge is 2.02. The molecule has 5 N–H and O–H groups in total. The monoisotopic (exact) mass is 233 g/mol. The summed E-state index contributed by atoms with van der Waals surface area (Å²) < 4.78 is 5.00. The molecule has 0 amide bonds. The minimum absolute atomic E-state index is 0.573. The molecule has 0 saturated carbocycles. The van der Waals surface area contributed by atoms with Crippen LogP contribution in [0.2, 0.25) is 0 Å². The summed E-state index contributed by atoms with van der Waals surface area (Å²) in [6.45, 7) is 2.49. The van der Waals surface area contributed by atoms with Crippen molar-refractivity contribution in [1.29, 1.82) is 0 Å². The Morgan fingerprint density at radius 1 is 1.29 bits per heavy atom. The van der Waals surface area contributed by atoms with Gasteiger partial charge in [-0.15, -0.1) is 0 Å².